The number of halogens is 1. The Labute approximate surface area is 122 Å². The van der Waals surface area contributed by atoms with Gasteiger partial charge in [-0.25, -0.2) is 0 Å². The van der Waals surface area contributed by atoms with Crippen LogP contribution in [-0.4, -0.2) is 17.6 Å². The number of nitriles is 1. The fraction of sp³-hybridized carbons (Fsp3) is 0.286. The second kappa shape index (κ2) is 7.41. The van der Waals surface area contributed by atoms with E-state index in [1.165, 1.54) is 24.4 Å². The van der Waals surface area contributed by atoms with Gasteiger partial charge in [-0.05, 0) is 24.1 Å². The quantitative estimate of drug-likeness (QED) is 0.442. The van der Waals surface area contributed by atoms with E-state index < -0.39 is 5.91 Å². The van der Waals surface area contributed by atoms with Gasteiger partial charge in [0.1, 0.15) is 17.4 Å². The van der Waals surface area contributed by atoms with Crippen LogP contribution in [0, 0.1) is 17.2 Å². The number of nitrogens with zero attached hydrogens (tertiary/aromatic N) is 1. The van der Waals surface area contributed by atoms with Gasteiger partial charge < -0.3 is 15.7 Å². The van der Waals surface area contributed by atoms with Crippen LogP contribution in [0.1, 0.15) is 13.8 Å². The van der Waals surface area contributed by atoms with Crippen molar-refractivity contribution in [2.75, 3.05) is 11.9 Å². The molecule has 0 aliphatic heterocycles. The number of phenolic OH excluding ortho intramolecular Hbond substituents is 1. The smallest absolute Gasteiger partial charge is 0.263 e. The van der Waals surface area contributed by atoms with Crippen LogP contribution in [-0.2, 0) is 4.79 Å². The Hall–Kier alpha value is -2.19. The minimum absolute atomic E-state index is 0.0227. The van der Waals surface area contributed by atoms with Gasteiger partial charge in [0, 0.05) is 17.8 Å². The van der Waals surface area contributed by atoms with Crippen molar-refractivity contribution in [2.45, 2.75) is 13.8 Å². The van der Waals surface area contributed by atoms with E-state index in [1.807, 2.05) is 13.8 Å². The van der Waals surface area contributed by atoms with E-state index in [-0.39, 0.29) is 11.3 Å². The molecule has 0 radical (unpaired) electrons. The van der Waals surface area contributed by atoms with Crippen LogP contribution in [0.5, 0.6) is 5.75 Å². The Balaban J connectivity index is 2.78. The van der Waals surface area contributed by atoms with Crippen molar-refractivity contribution >= 4 is 23.2 Å². The van der Waals surface area contributed by atoms with Gasteiger partial charge in [-0.2, -0.15) is 5.26 Å². The molecule has 0 aliphatic rings. The van der Waals surface area contributed by atoms with Crippen molar-refractivity contribution in [2.24, 2.45) is 5.92 Å². The van der Waals surface area contributed by atoms with E-state index in [4.69, 9.17) is 16.9 Å². The maximum absolute atomic E-state index is 11.7. The summed E-state index contributed by atoms with van der Waals surface area (Å²) in [4.78, 5) is 11.7. The van der Waals surface area contributed by atoms with Crippen LogP contribution in [0.3, 0.4) is 0 Å². The number of carbonyl (C=O) groups is 1. The first kappa shape index (κ1) is 15.9. The highest BCUT2D eigenvalue weighted by Gasteiger charge is 2.09. The number of phenols is 1. The van der Waals surface area contributed by atoms with Crippen molar-refractivity contribution in [1.29, 1.82) is 5.26 Å². The zero-order valence-electron chi connectivity index (χ0n) is 11.3. The molecule has 1 aromatic rings. The zero-order chi connectivity index (χ0) is 15.1. The predicted molar refractivity (Wildman–Crippen MR) is 78.3 cm³/mol. The van der Waals surface area contributed by atoms with Gasteiger partial charge in [-0.15, -0.1) is 0 Å². The largest absolute Gasteiger partial charge is 0.506 e. The van der Waals surface area contributed by atoms with Gasteiger partial charge in [0.2, 0.25) is 0 Å². The number of benzene rings is 1. The van der Waals surface area contributed by atoms with Gasteiger partial charge in [0.15, 0.2) is 0 Å². The summed E-state index contributed by atoms with van der Waals surface area (Å²) in [6.45, 7) is 4.40. The van der Waals surface area contributed by atoms with Crippen molar-refractivity contribution in [3.8, 4) is 11.8 Å². The van der Waals surface area contributed by atoms with Crippen molar-refractivity contribution in [1.82, 2.24) is 5.32 Å². The molecule has 0 unspecified atom stereocenters. The first-order valence-electron chi connectivity index (χ1n) is 6.07. The zero-order valence-corrected chi connectivity index (χ0v) is 12.0. The summed E-state index contributed by atoms with van der Waals surface area (Å²) in [6, 6.07) is 6.25. The molecule has 1 aromatic carbocycles. The lowest BCUT2D eigenvalue weighted by Gasteiger charge is -2.08. The average molecular weight is 294 g/mol. The first-order chi connectivity index (χ1) is 9.43. The molecule has 6 heteroatoms. The molecule has 1 amide bonds. The van der Waals surface area contributed by atoms with Gasteiger partial charge in [-0.1, -0.05) is 25.4 Å². The SMILES string of the molecule is CC(C)CNC(=O)/C(C#N)=C\Nc1cc(Cl)ccc1O. The summed E-state index contributed by atoms with van der Waals surface area (Å²) in [7, 11) is 0. The molecule has 0 heterocycles. The minimum Gasteiger partial charge on any atom is -0.506 e. The van der Waals surface area contributed by atoms with Crippen molar-refractivity contribution < 1.29 is 9.90 Å². The van der Waals surface area contributed by atoms with Crippen LogP contribution in [0.4, 0.5) is 5.69 Å². The molecule has 0 aromatic heterocycles. The van der Waals surface area contributed by atoms with E-state index in [9.17, 15) is 9.90 Å². The fourth-order valence-corrected chi connectivity index (χ4v) is 1.49. The Kier molecular flexibility index (Phi) is 5.88. The highest BCUT2D eigenvalue weighted by molar-refractivity contribution is 6.30. The number of anilines is 1. The van der Waals surface area contributed by atoms with E-state index >= 15 is 0 Å². The molecular formula is C14H16ClN3O2. The third kappa shape index (κ3) is 4.82. The minimum atomic E-state index is -0.463. The lowest BCUT2D eigenvalue weighted by Crippen LogP contribution is -2.28. The normalized spacial score (nSPS) is 11.1. The van der Waals surface area contributed by atoms with E-state index in [1.54, 1.807) is 6.07 Å². The molecule has 3 N–H and O–H groups in total. The first-order valence-corrected chi connectivity index (χ1v) is 6.45. The summed E-state index contributed by atoms with van der Waals surface area (Å²) in [5, 5.41) is 24.3. The molecule has 106 valence electrons. The summed E-state index contributed by atoms with van der Waals surface area (Å²) < 4.78 is 0. The Morgan fingerprint density at radius 3 is 2.85 bits per heavy atom. The van der Waals surface area contributed by atoms with Crippen molar-refractivity contribution in [3.63, 3.8) is 0 Å². The molecular weight excluding hydrogens is 278 g/mol. The summed E-state index contributed by atoms with van der Waals surface area (Å²) in [6.07, 6.45) is 1.24. The number of nitrogens with one attached hydrogen (secondary N) is 2. The third-order valence-electron chi connectivity index (χ3n) is 2.37. The molecule has 0 saturated heterocycles. The molecule has 0 atom stereocenters. The lowest BCUT2D eigenvalue weighted by atomic mass is 10.2. The predicted octanol–water partition coefficient (Wildman–Crippen LogP) is 2.64. The number of hydrogen-bond donors (Lipinski definition) is 3. The molecule has 20 heavy (non-hydrogen) atoms. The Bertz CT molecular complexity index is 562. The van der Waals surface area contributed by atoms with E-state index in [0.717, 1.165) is 0 Å². The number of amides is 1. The molecule has 0 bridgehead atoms. The number of hydrogen-bond acceptors (Lipinski definition) is 4. The molecule has 0 saturated carbocycles. The number of carbonyl (C=O) groups excluding carboxylic acids is 1. The molecule has 1 rings (SSSR count). The van der Waals surface area contributed by atoms with E-state index in [0.29, 0.717) is 23.2 Å². The van der Waals surface area contributed by atoms with Gasteiger partial charge in [0.05, 0.1) is 5.69 Å². The van der Waals surface area contributed by atoms with Gasteiger partial charge >= 0.3 is 0 Å². The molecule has 0 spiro atoms. The van der Waals surface area contributed by atoms with Gasteiger partial charge in [0.25, 0.3) is 5.91 Å². The lowest BCUT2D eigenvalue weighted by molar-refractivity contribution is -0.117. The topological polar surface area (TPSA) is 85.2 Å². The Morgan fingerprint density at radius 2 is 2.25 bits per heavy atom. The Morgan fingerprint density at radius 1 is 1.55 bits per heavy atom. The van der Waals surface area contributed by atoms with Crippen LogP contribution < -0.4 is 10.6 Å². The van der Waals surface area contributed by atoms with Crippen LogP contribution in [0.25, 0.3) is 0 Å². The monoisotopic (exact) mass is 293 g/mol. The second-order valence-electron chi connectivity index (χ2n) is 4.58. The van der Waals surface area contributed by atoms with Crippen LogP contribution >= 0.6 is 11.6 Å². The van der Waals surface area contributed by atoms with Crippen molar-refractivity contribution in [3.05, 3.63) is 35.0 Å². The summed E-state index contributed by atoms with van der Waals surface area (Å²) in [5.74, 6) is -0.190. The fourth-order valence-electron chi connectivity index (χ4n) is 1.31. The van der Waals surface area contributed by atoms with Gasteiger partial charge in [-0.3, -0.25) is 4.79 Å². The molecule has 0 fully saturated rings. The van der Waals surface area contributed by atoms with Crippen LogP contribution in [0.15, 0.2) is 30.0 Å². The maximum atomic E-state index is 11.7. The highest BCUT2D eigenvalue weighted by Crippen LogP contribution is 2.26. The number of rotatable bonds is 5. The molecule has 0 aliphatic carbocycles. The van der Waals surface area contributed by atoms with Crippen LogP contribution in [0.2, 0.25) is 5.02 Å². The maximum Gasteiger partial charge on any atom is 0.263 e. The van der Waals surface area contributed by atoms with E-state index in [2.05, 4.69) is 10.6 Å². The summed E-state index contributed by atoms with van der Waals surface area (Å²) >= 11 is 5.80. The standard InChI is InChI=1S/C14H16ClN3O2/c1-9(2)7-18-14(20)10(6-16)8-17-12-5-11(15)3-4-13(12)19/h3-5,8-9,17,19H,7H2,1-2H3,(H,18,20)/b10-8-. The summed E-state index contributed by atoms with van der Waals surface area (Å²) in [5.41, 5.74) is 0.243. The third-order valence-corrected chi connectivity index (χ3v) is 2.60. The number of aromatic hydroxyl groups is 1. The average Bonchev–Trinajstić information content (AvgIpc) is 2.40. The second-order valence-corrected chi connectivity index (χ2v) is 5.02. The molecule has 5 nitrogen and oxygen atoms in total. The highest BCUT2D eigenvalue weighted by atomic mass is 35.5.